The molecule has 0 bridgehead atoms. The highest BCUT2D eigenvalue weighted by Crippen LogP contribution is 2.26. The maximum atomic E-state index is 12.7. The summed E-state index contributed by atoms with van der Waals surface area (Å²) in [4.78, 5) is 38.3. The topological polar surface area (TPSA) is 109 Å². The Kier molecular flexibility index (Phi) is 5.75. The van der Waals surface area contributed by atoms with Crippen LogP contribution in [0.3, 0.4) is 0 Å². The summed E-state index contributed by atoms with van der Waals surface area (Å²) in [7, 11) is 0. The highest BCUT2D eigenvalue weighted by atomic mass is 16.2. The Bertz CT molecular complexity index is 993. The van der Waals surface area contributed by atoms with Crippen molar-refractivity contribution in [1.29, 1.82) is 0 Å². The van der Waals surface area contributed by atoms with Gasteiger partial charge in [0.1, 0.15) is 17.9 Å². The van der Waals surface area contributed by atoms with E-state index in [0.717, 1.165) is 47.9 Å². The normalized spacial score (nSPS) is 17.8. The Balaban J connectivity index is 1.42. The molecule has 4 amide bonds. The third-order valence-corrected chi connectivity index (χ3v) is 6.29. The second-order valence-electron chi connectivity index (χ2n) is 8.14. The molecule has 0 radical (unpaired) electrons. The largest absolute Gasteiger partial charge is 0.325 e. The summed E-state index contributed by atoms with van der Waals surface area (Å²) in [5, 5.41) is 14.2. The maximum absolute atomic E-state index is 12.7. The summed E-state index contributed by atoms with van der Waals surface area (Å²) in [5.41, 5.74) is 0.618. The number of benzene rings is 1. The Morgan fingerprint density at radius 2 is 1.84 bits per heavy atom. The fourth-order valence-electron chi connectivity index (χ4n) is 4.29. The number of rotatable bonds is 6. The van der Waals surface area contributed by atoms with Crippen molar-refractivity contribution in [1.82, 2.24) is 25.0 Å². The van der Waals surface area contributed by atoms with E-state index < -0.39 is 17.5 Å². The Labute approximate surface area is 181 Å². The van der Waals surface area contributed by atoms with Crippen LogP contribution in [0.2, 0.25) is 0 Å². The van der Waals surface area contributed by atoms with Crippen molar-refractivity contribution in [2.24, 2.45) is 0 Å². The Morgan fingerprint density at radius 3 is 2.52 bits per heavy atom. The molecule has 2 aliphatic heterocycles. The summed E-state index contributed by atoms with van der Waals surface area (Å²) in [6.07, 6.45) is 5.37. The van der Waals surface area contributed by atoms with Crippen LogP contribution in [0.15, 0.2) is 24.3 Å². The van der Waals surface area contributed by atoms with E-state index in [1.54, 1.807) is 12.1 Å². The first-order valence-electron chi connectivity index (χ1n) is 10.9. The molecule has 2 N–H and O–H groups in total. The third-order valence-electron chi connectivity index (χ3n) is 6.29. The predicted molar refractivity (Wildman–Crippen MR) is 115 cm³/mol. The molecule has 1 saturated heterocycles. The molecule has 2 aromatic rings. The van der Waals surface area contributed by atoms with Crippen molar-refractivity contribution in [3.63, 3.8) is 0 Å². The summed E-state index contributed by atoms with van der Waals surface area (Å²) in [6.45, 7) is 4.30. The van der Waals surface area contributed by atoms with Crippen molar-refractivity contribution in [3.05, 3.63) is 30.1 Å². The van der Waals surface area contributed by atoms with Crippen molar-refractivity contribution in [3.8, 4) is 11.4 Å². The minimum Gasteiger partial charge on any atom is -0.325 e. The van der Waals surface area contributed by atoms with Crippen molar-refractivity contribution in [2.75, 3.05) is 11.9 Å². The lowest BCUT2D eigenvalue weighted by Gasteiger charge is -2.23. The monoisotopic (exact) mass is 424 g/mol. The first kappa shape index (κ1) is 21.0. The molecular weight excluding hydrogens is 396 g/mol. The molecule has 0 atom stereocenters. The van der Waals surface area contributed by atoms with E-state index in [-0.39, 0.29) is 12.5 Å². The molecule has 164 valence electrons. The van der Waals surface area contributed by atoms with Gasteiger partial charge >= 0.3 is 6.03 Å². The average Bonchev–Trinajstić information content (AvgIpc) is 3.17. The smallest absolute Gasteiger partial charge is 0.325 e. The van der Waals surface area contributed by atoms with Gasteiger partial charge < -0.3 is 15.2 Å². The van der Waals surface area contributed by atoms with Gasteiger partial charge in [0, 0.05) is 24.2 Å². The van der Waals surface area contributed by atoms with Crippen molar-refractivity contribution in [2.45, 2.75) is 64.5 Å². The number of hydrogen-bond donors (Lipinski definition) is 2. The van der Waals surface area contributed by atoms with Crippen LogP contribution in [0.1, 0.15) is 51.8 Å². The van der Waals surface area contributed by atoms with E-state index in [1.165, 1.54) is 6.42 Å². The molecule has 0 unspecified atom stereocenters. The third kappa shape index (κ3) is 3.92. The summed E-state index contributed by atoms with van der Waals surface area (Å²) < 4.78 is 2.17. The number of aryl methyl sites for hydroxylation is 1. The van der Waals surface area contributed by atoms with E-state index in [0.29, 0.717) is 18.5 Å². The second-order valence-corrected chi connectivity index (χ2v) is 8.14. The highest BCUT2D eigenvalue weighted by Gasteiger charge is 2.49. The predicted octanol–water partition coefficient (Wildman–Crippen LogP) is 2.72. The molecule has 0 aliphatic carbocycles. The van der Waals surface area contributed by atoms with Crippen LogP contribution in [0.4, 0.5) is 10.5 Å². The van der Waals surface area contributed by atoms with Gasteiger partial charge in [0.2, 0.25) is 5.91 Å². The molecule has 1 aromatic heterocycles. The van der Waals surface area contributed by atoms with Crippen LogP contribution in [0.25, 0.3) is 11.4 Å². The van der Waals surface area contributed by atoms with Crippen LogP contribution in [0.5, 0.6) is 0 Å². The number of imide groups is 1. The lowest BCUT2D eigenvalue weighted by atomic mass is 9.93. The van der Waals surface area contributed by atoms with Gasteiger partial charge in [-0.15, -0.1) is 10.2 Å². The summed E-state index contributed by atoms with van der Waals surface area (Å²) >= 11 is 0. The summed E-state index contributed by atoms with van der Waals surface area (Å²) in [5.74, 6) is 1.09. The molecule has 9 heteroatoms. The van der Waals surface area contributed by atoms with Crippen molar-refractivity contribution >= 4 is 23.5 Å². The van der Waals surface area contributed by atoms with Crippen LogP contribution < -0.4 is 10.6 Å². The van der Waals surface area contributed by atoms with Gasteiger partial charge in [0.05, 0.1) is 0 Å². The first-order valence-corrected chi connectivity index (χ1v) is 10.9. The van der Waals surface area contributed by atoms with Gasteiger partial charge in [-0.3, -0.25) is 14.5 Å². The van der Waals surface area contributed by atoms with Crippen LogP contribution >= 0.6 is 0 Å². The number of fused-ring (bicyclic) bond motifs is 1. The molecular formula is C22H28N6O3. The molecule has 2 aliphatic rings. The van der Waals surface area contributed by atoms with Crippen molar-refractivity contribution < 1.29 is 14.4 Å². The first-order chi connectivity index (χ1) is 15.0. The number of carbonyl (C=O) groups is 3. The molecule has 31 heavy (non-hydrogen) atoms. The molecule has 3 heterocycles. The highest BCUT2D eigenvalue weighted by molar-refractivity contribution is 6.10. The molecule has 4 rings (SSSR count). The van der Waals surface area contributed by atoms with E-state index >= 15 is 0 Å². The number of amides is 4. The van der Waals surface area contributed by atoms with Crippen LogP contribution in [-0.4, -0.2) is 49.6 Å². The molecule has 1 aromatic carbocycles. The lowest BCUT2D eigenvalue weighted by Crippen LogP contribution is -2.46. The minimum atomic E-state index is -0.907. The molecule has 0 saturated carbocycles. The van der Waals surface area contributed by atoms with E-state index in [9.17, 15) is 14.4 Å². The lowest BCUT2D eigenvalue weighted by molar-refractivity contribution is -0.134. The quantitative estimate of drug-likeness (QED) is 0.693. The minimum absolute atomic E-state index is 0.314. The van der Waals surface area contributed by atoms with Gasteiger partial charge in [-0.2, -0.15) is 0 Å². The standard InChI is InChI=1S/C22H28N6O3/c1-3-22(4-2)20(30)28(21(31)24-22)14-18(29)23-16-11-9-15(10-12-16)19-26-25-17-8-6-5-7-13-27(17)19/h9-12H,3-8,13-14H2,1-2H3,(H,23,29)(H,24,31). The van der Waals surface area contributed by atoms with Gasteiger partial charge in [-0.05, 0) is 49.9 Å². The Morgan fingerprint density at radius 1 is 1.10 bits per heavy atom. The number of carbonyl (C=O) groups excluding carboxylic acids is 3. The van der Waals surface area contributed by atoms with Crippen LogP contribution in [0, 0.1) is 0 Å². The fraction of sp³-hybridized carbons (Fsp3) is 0.500. The number of anilines is 1. The second kappa shape index (κ2) is 8.49. The van der Waals surface area contributed by atoms with E-state index in [4.69, 9.17) is 0 Å². The maximum Gasteiger partial charge on any atom is 0.325 e. The number of nitrogens with zero attached hydrogens (tertiary/aromatic N) is 4. The molecule has 9 nitrogen and oxygen atoms in total. The van der Waals surface area contributed by atoms with Crippen LogP contribution in [-0.2, 0) is 22.6 Å². The van der Waals surface area contributed by atoms with E-state index in [1.807, 2.05) is 26.0 Å². The zero-order valence-corrected chi connectivity index (χ0v) is 18.0. The van der Waals surface area contributed by atoms with Gasteiger partial charge in [0.15, 0.2) is 5.82 Å². The Hall–Kier alpha value is -3.23. The van der Waals surface area contributed by atoms with Gasteiger partial charge in [-0.1, -0.05) is 20.3 Å². The van der Waals surface area contributed by atoms with E-state index in [2.05, 4.69) is 25.4 Å². The van der Waals surface area contributed by atoms with Gasteiger partial charge in [0.25, 0.3) is 5.91 Å². The summed E-state index contributed by atoms with van der Waals surface area (Å²) in [6, 6.07) is 6.85. The van der Waals surface area contributed by atoms with Gasteiger partial charge in [-0.25, -0.2) is 4.79 Å². The SMILES string of the molecule is CCC1(CC)NC(=O)N(CC(=O)Nc2ccc(-c3nnc4n3CCCCC4)cc2)C1=O. The number of nitrogens with one attached hydrogen (secondary N) is 2. The fourth-order valence-corrected chi connectivity index (χ4v) is 4.29. The number of aromatic nitrogens is 3. The molecule has 0 spiro atoms. The molecule has 1 fully saturated rings. The number of hydrogen-bond acceptors (Lipinski definition) is 5. The zero-order valence-electron chi connectivity index (χ0n) is 18.0. The zero-order chi connectivity index (χ0) is 22.0. The average molecular weight is 425 g/mol. The number of urea groups is 1.